The standard InChI is InChI=1S/C15H16N4/c1-11-4-5-12(8-18-11)7-16-9-13-10-19-15-14(13)3-2-6-17-15/h2-6,8,10,16H,7,9H2,1H3,(H,17,19). The molecule has 3 aromatic heterocycles. The Labute approximate surface area is 111 Å². The molecule has 0 aromatic carbocycles. The van der Waals surface area contributed by atoms with Crippen molar-refractivity contribution in [2.45, 2.75) is 20.0 Å². The zero-order valence-electron chi connectivity index (χ0n) is 10.9. The minimum atomic E-state index is 0.819. The first-order valence-corrected chi connectivity index (χ1v) is 6.36. The molecule has 0 bridgehead atoms. The molecule has 0 saturated carbocycles. The van der Waals surface area contributed by atoms with Crippen LogP contribution in [0, 0.1) is 6.92 Å². The van der Waals surface area contributed by atoms with Crippen LogP contribution in [0.15, 0.2) is 42.9 Å². The van der Waals surface area contributed by atoms with Gasteiger partial charge in [0.25, 0.3) is 0 Å². The van der Waals surface area contributed by atoms with Crippen LogP contribution in [0.5, 0.6) is 0 Å². The van der Waals surface area contributed by atoms with Gasteiger partial charge in [0.2, 0.25) is 0 Å². The smallest absolute Gasteiger partial charge is 0.137 e. The van der Waals surface area contributed by atoms with E-state index in [2.05, 4.69) is 32.4 Å². The third-order valence-corrected chi connectivity index (χ3v) is 3.15. The Morgan fingerprint density at radius 2 is 2.11 bits per heavy atom. The van der Waals surface area contributed by atoms with Gasteiger partial charge in [0, 0.05) is 42.8 Å². The number of pyridine rings is 2. The average molecular weight is 252 g/mol. The van der Waals surface area contributed by atoms with Crippen LogP contribution >= 0.6 is 0 Å². The van der Waals surface area contributed by atoms with E-state index < -0.39 is 0 Å². The summed E-state index contributed by atoms with van der Waals surface area (Å²) in [5.41, 5.74) is 4.43. The SMILES string of the molecule is Cc1ccc(CNCc2c[nH]c3ncccc23)cn1. The van der Waals surface area contributed by atoms with Crippen molar-refractivity contribution < 1.29 is 0 Å². The van der Waals surface area contributed by atoms with Crippen molar-refractivity contribution in [3.8, 4) is 0 Å². The highest BCUT2D eigenvalue weighted by Crippen LogP contribution is 2.15. The third kappa shape index (κ3) is 2.63. The molecular formula is C15H16N4. The predicted octanol–water partition coefficient (Wildman–Crippen LogP) is 2.56. The second kappa shape index (κ2) is 5.20. The second-order valence-electron chi connectivity index (χ2n) is 4.62. The lowest BCUT2D eigenvalue weighted by Crippen LogP contribution is -2.12. The molecule has 3 heterocycles. The summed E-state index contributed by atoms with van der Waals surface area (Å²) in [6, 6.07) is 8.19. The van der Waals surface area contributed by atoms with Gasteiger partial charge in [-0.25, -0.2) is 4.98 Å². The van der Waals surface area contributed by atoms with Crippen molar-refractivity contribution in [2.24, 2.45) is 0 Å². The van der Waals surface area contributed by atoms with Crippen LogP contribution in [0.1, 0.15) is 16.8 Å². The van der Waals surface area contributed by atoms with Gasteiger partial charge in [-0.2, -0.15) is 0 Å². The number of nitrogens with zero attached hydrogens (tertiary/aromatic N) is 2. The van der Waals surface area contributed by atoms with E-state index in [4.69, 9.17) is 0 Å². The highest BCUT2D eigenvalue weighted by atomic mass is 14.9. The Balaban J connectivity index is 1.65. The van der Waals surface area contributed by atoms with E-state index >= 15 is 0 Å². The van der Waals surface area contributed by atoms with Crippen molar-refractivity contribution in [3.63, 3.8) is 0 Å². The van der Waals surface area contributed by atoms with Gasteiger partial charge in [-0.1, -0.05) is 6.07 Å². The zero-order chi connectivity index (χ0) is 13.1. The van der Waals surface area contributed by atoms with Gasteiger partial charge in [0.05, 0.1) is 0 Å². The molecule has 2 N–H and O–H groups in total. The summed E-state index contributed by atoms with van der Waals surface area (Å²) >= 11 is 0. The maximum atomic E-state index is 4.29. The van der Waals surface area contributed by atoms with Crippen LogP contribution in [0.2, 0.25) is 0 Å². The second-order valence-corrected chi connectivity index (χ2v) is 4.62. The fourth-order valence-corrected chi connectivity index (χ4v) is 2.10. The Morgan fingerprint density at radius 3 is 2.95 bits per heavy atom. The maximum absolute atomic E-state index is 4.29. The highest BCUT2D eigenvalue weighted by molar-refractivity contribution is 5.79. The molecule has 0 unspecified atom stereocenters. The minimum absolute atomic E-state index is 0.819. The molecule has 0 radical (unpaired) electrons. The van der Waals surface area contributed by atoms with E-state index in [1.165, 1.54) is 16.5 Å². The van der Waals surface area contributed by atoms with Gasteiger partial charge in [-0.05, 0) is 36.2 Å². The lowest BCUT2D eigenvalue weighted by molar-refractivity contribution is 0.694. The quantitative estimate of drug-likeness (QED) is 0.750. The molecule has 4 heteroatoms. The number of nitrogens with one attached hydrogen (secondary N) is 2. The van der Waals surface area contributed by atoms with Crippen LogP contribution in [0.3, 0.4) is 0 Å². The summed E-state index contributed by atoms with van der Waals surface area (Å²) in [4.78, 5) is 11.8. The molecule has 0 aliphatic carbocycles. The number of fused-ring (bicyclic) bond motifs is 1. The lowest BCUT2D eigenvalue weighted by Gasteiger charge is -2.04. The fraction of sp³-hybridized carbons (Fsp3) is 0.200. The largest absolute Gasteiger partial charge is 0.346 e. The monoisotopic (exact) mass is 252 g/mol. The molecule has 0 atom stereocenters. The average Bonchev–Trinajstić information content (AvgIpc) is 2.85. The van der Waals surface area contributed by atoms with E-state index in [1.807, 2.05) is 31.5 Å². The molecule has 0 aliphatic heterocycles. The first-order chi connectivity index (χ1) is 9.33. The Hall–Kier alpha value is -2.20. The van der Waals surface area contributed by atoms with Crippen molar-refractivity contribution >= 4 is 11.0 Å². The predicted molar refractivity (Wildman–Crippen MR) is 75.6 cm³/mol. The van der Waals surface area contributed by atoms with Crippen molar-refractivity contribution in [1.82, 2.24) is 20.3 Å². The molecule has 4 nitrogen and oxygen atoms in total. The summed E-state index contributed by atoms with van der Waals surface area (Å²) in [5.74, 6) is 0. The maximum Gasteiger partial charge on any atom is 0.137 e. The van der Waals surface area contributed by atoms with Crippen molar-refractivity contribution in [3.05, 3.63) is 59.7 Å². The molecule has 0 saturated heterocycles. The summed E-state index contributed by atoms with van der Waals surface area (Å²) in [6.45, 7) is 3.63. The van der Waals surface area contributed by atoms with Crippen LogP contribution in [0.25, 0.3) is 11.0 Å². The number of hydrogen-bond donors (Lipinski definition) is 2. The summed E-state index contributed by atoms with van der Waals surface area (Å²) in [6.07, 6.45) is 5.73. The number of aromatic amines is 1. The number of aromatic nitrogens is 3. The van der Waals surface area contributed by atoms with Crippen LogP contribution in [-0.2, 0) is 13.1 Å². The summed E-state index contributed by atoms with van der Waals surface area (Å²) < 4.78 is 0. The Bertz CT molecular complexity index is 670. The van der Waals surface area contributed by atoms with E-state index in [9.17, 15) is 0 Å². The topological polar surface area (TPSA) is 53.6 Å². The number of aryl methyl sites for hydroxylation is 1. The molecule has 0 amide bonds. The summed E-state index contributed by atoms with van der Waals surface area (Å²) in [5, 5.41) is 4.61. The van der Waals surface area contributed by atoms with Gasteiger partial charge in [-0.3, -0.25) is 4.98 Å². The molecule has 0 aliphatic rings. The summed E-state index contributed by atoms with van der Waals surface area (Å²) in [7, 11) is 0. The zero-order valence-corrected chi connectivity index (χ0v) is 10.9. The van der Waals surface area contributed by atoms with Gasteiger partial charge in [0.15, 0.2) is 0 Å². The third-order valence-electron chi connectivity index (χ3n) is 3.15. The lowest BCUT2D eigenvalue weighted by atomic mass is 10.2. The van der Waals surface area contributed by atoms with E-state index in [-0.39, 0.29) is 0 Å². The van der Waals surface area contributed by atoms with Gasteiger partial charge < -0.3 is 10.3 Å². The van der Waals surface area contributed by atoms with Gasteiger partial charge >= 0.3 is 0 Å². The van der Waals surface area contributed by atoms with Crippen LogP contribution in [-0.4, -0.2) is 15.0 Å². The molecular weight excluding hydrogens is 236 g/mol. The number of hydrogen-bond acceptors (Lipinski definition) is 3. The first kappa shape index (κ1) is 11.9. The number of rotatable bonds is 4. The fourth-order valence-electron chi connectivity index (χ4n) is 2.10. The van der Waals surface area contributed by atoms with Gasteiger partial charge in [-0.15, -0.1) is 0 Å². The Kier molecular flexibility index (Phi) is 3.25. The normalized spacial score (nSPS) is 11.0. The van der Waals surface area contributed by atoms with Crippen LogP contribution < -0.4 is 5.32 Å². The molecule has 0 fully saturated rings. The Morgan fingerprint density at radius 1 is 1.16 bits per heavy atom. The molecule has 0 spiro atoms. The molecule has 3 aromatic rings. The van der Waals surface area contributed by atoms with Crippen molar-refractivity contribution in [2.75, 3.05) is 0 Å². The van der Waals surface area contributed by atoms with E-state index in [0.717, 1.165) is 24.4 Å². The van der Waals surface area contributed by atoms with Crippen LogP contribution in [0.4, 0.5) is 0 Å². The molecule has 96 valence electrons. The van der Waals surface area contributed by atoms with E-state index in [1.54, 1.807) is 6.20 Å². The molecule has 19 heavy (non-hydrogen) atoms. The number of H-pyrrole nitrogens is 1. The van der Waals surface area contributed by atoms with E-state index in [0.29, 0.717) is 0 Å². The minimum Gasteiger partial charge on any atom is -0.346 e. The van der Waals surface area contributed by atoms with Gasteiger partial charge in [0.1, 0.15) is 5.65 Å². The van der Waals surface area contributed by atoms with Crippen molar-refractivity contribution in [1.29, 1.82) is 0 Å². The molecule has 3 rings (SSSR count). The first-order valence-electron chi connectivity index (χ1n) is 6.36. The highest BCUT2D eigenvalue weighted by Gasteiger charge is 2.03.